The van der Waals surface area contributed by atoms with Gasteiger partial charge in [0.1, 0.15) is 37.6 Å². The number of aliphatic hydroxyl groups is 3. The van der Waals surface area contributed by atoms with Crippen molar-refractivity contribution in [1.29, 1.82) is 0 Å². The Bertz CT molecular complexity index is 2280. The van der Waals surface area contributed by atoms with E-state index in [-0.39, 0.29) is 34.6 Å². The molecule has 31 heteroatoms. The van der Waals surface area contributed by atoms with Gasteiger partial charge in [0.2, 0.25) is 5.95 Å². The van der Waals surface area contributed by atoms with Crippen LogP contribution in [0.5, 0.6) is 0 Å². The zero-order chi connectivity index (χ0) is 38.8. The molecule has 0 saturated carbocycles. The minimum absolute atomic E-state index is 0.0000824. The Labute approximate surface area is 293 Å². The molecule has 53 heavy (non-hydrogen) atoms. The Kier molecular flexibility index (Phi) is 10.5. The summed E-state index contributed by atoms with van der Waals surface area (Å²) in [7, 11) is -14.7. The van der Waals surface area contributed by atoms with Gasteiger partial charge in [0.15, 0.2) is 23.5 Å². The smallest absolute Gasteiger partial charge is 0.387 e. The molecule has 6 heterocycles. The number of nitrogens with two attached hydrogens (primary N) is 2. The van der Waals surface area contributed by atoms with Crippen LogP contribution in [0.2, 0.25) is 0 Å². The molecule has 3 aliphatic heterocycles. The maximum absolute atomic E-state index is 12.6. The summed E-state index contributed by atoms with van der Waals surface area (Å²) in [6.07, 6.45) is -11.2. The Morgan fingerprint density at radius 2 is 1.51 bits per heavy atom. The van der Waals surface area contributed by atoms with E-state index in [2.05, 4.69) is 44.1 Å². The van der Waals surface area contributed by atoms with E-state index in [1.54, 1.807) is 0 Å². The van der Waals surface area contributed by atoms with Crippen LogP contribution in [0.25, 0.3) is 11.2 Å². The second kappa shape index (κ2) is 14.2. The second-order valence-electron chi connectivity index (χ2n) is 11.4. The molecule has 0 radical (unpaired) electrons. The van der Waals surface area contributed by atoms with Crippen LogP contribution < -0.4 is 22.6 Å². The lowest BCUT2D eigenvalue weighted by Crippen LogP contribution is -2.38. The highest BCUT2D eigenvalue weighted by Crippen LogP contribution is 2.67. The Hall–Kier alpha value is -3.62. The average Bonchev–Trinajstić information content (AvgIpc) is 3.76. The molecule has 3 aromatic rings. The molecule has 28 nitrogen and oxygen atoms in total. The van der Waals surface area contributed by atoms with Crippen molar-refractivity contribution in [3.8, 4) is 0 Å². The molecule has 3 aliphatic rings. The summed E-state index contributed by atoms with van der Waals surface area (Å²) in [6.45, 7) is -2.04. The molecular weight excluding hydrogens is 785 g/mol. The topological polar surface area (TPSA) is 405 Å². The lowest BCUT2D eigenvalue weighted by Gasteiger charge is -2.21. The van der Waals surface area contributed by atoms with E-state index in [1.807, 2.05) is 0 Å². The second-order valence-corrected chi connectivity index (χ2v) is 16.0. The van der Waals surface area contributed by atoms with E-state index < -0.39 is 96.9 Å². The Morgan fingerprint density at radius 1 is 0.906 bits per heavy atom. The molecule has 0 aromatic carbocycles. The van der Waals surface area contributed by atoms with Crippen molar-refractivity contribution >= 4 is 64.0 Å². The summed E-state index contributed by atoms with van der Waals surface area (Å²) in [5, 5.41) is 31.9. The maximum Gasteiger partial charge on any atom is 0.490 e. The average molecular weight is 816 g/mol. The zero-order valence-electron chi connectivity index (χ0n) is 26.9. The number of phosphoric acid groups is 3. The summed E-state index contributed by atoms with van der Waals surface area (Å²) in [6, 6.07) is 2.72. The molecule has 6 rings (SSSR count). The van der Waals surface area contributed by atoms with Gasteiger partial charge in [-0.3, -0.25) is 33.2 Å². The first-order valence-electron chi connectivity index (χ1n) is 14.7. The van der Waals surface area contributed by atoms with Crippen LogP contribution in [-0.2, 0) is 45.6 Å². The van der Waals surface area contributed by atoms with Gasteiger partial charge in [-0.25, -0.2) is 18.7 Å². The summed E-state index contributed by atoms with van der Waals surface area (Å²) in [5.74, 6) is -0.628. The summed E-state index contributed by atoms with van der Waals surface area (Å²) >= 11 is 0. The molecular formula is C22H31N10O18P3+2. The number of fused-ring (bicyclic) bond motifs is 2. The largest absolute Gasteiger partial charge is 0.490 e. The third kappa shape index (κ3) is 7.82. The number of methoxy groups -OCH3 is 1. The Morgan fingerprint density at radius 3 is 2.15 bits per heavy atom. The molecule has 0 spiro atoms. The van der Waals surface area contributed by atoms with Gasteiger partial charge in [0.05, 0.1) is 24.5 Å². The highest BCUT2D eigenvalue weighted by molar-refractivity contribution is 7.66. The summed E-state index contributed by atoms with van der Waals surface area (Å²) < 4.78 is 75.0. The van der Waals surface area contributed by atoms with E-state index in [0.717, 1.165) is 22.6 Å². The lowest BCUT2D eigenvalue weighted by molar-refractivity contribution is -0.552. The zero-order valence-corrected chi connectivity index (χ0v) is 29.6. The van der Waals surface area contributed by atoms with Crippen LogP contribution in [0.1, 0.15) is 6.23 Å². The van der Waals surface area contributed by atoms with Crippen LogP contribution in [0.4, 0.5) is 23.4 Å². The van der Waals surface area contributed by atoms with Gasteiger partial charge in [-0.2, -0.15) is 13.6 Å². The van der Waals surface area contributed by atoms with E-state index >= 15 is 0 Å². The first-order chi connectivity index (χ1) is 24.7. The molecule has 0 bridgehead atoms. The predicted molar refractivity (Wildman–Crippen MR) is 168 cm³/mol. The van der Waals surface area contributed by atoms with Gasteiger partial charge < -0.3 is 55.7 Å². The first-order valence-corrected chi connectivity index (χ1v) is 19.2. The molecule has 0 amide bonds. The van der Waals surface area contributed by atoms with Gasteiger partial charge in [0.25, 0.3) is 11.8 Å². The van der Waals surface area contributed by atoms with Gasteiger partial charge in [0, 0.05) is 7.11 Å². The van der Waals surface area contributed by atoms with E-state index in [4.69, 9.17) is 30.2 Å². The van der Waals surface area contributed by atoms with Crippen molar-refractivity contribution in [2.24, 2.45) is 0 Å². The number of aliphatic hydroxyl groups excluding tert-OH is 3. The number of phosphoric ester groups is 2. The summed E-state index contributed by atoms with van der Waals surface area (Å²) in [4.78, 5) is 71.0. The number of aromatic amines is 2. The van der Waals surface area contributed by atoms with Gasteiger partial charge >= 0.3 is 52.5 Å². The SMILES string of the molecule is CO[C@H]1C(O)[C@@H]([N+]2=C=[N+](C)c3c2nc(N)[nH]c3=O)O[C@H]1COP(=O)(O)OP(=O)(O)OP(=O)(O)OC[C@H]1O[C@@H](n2cnc3c(=O)[nH]c(N)nc32)C(O)[C@H]1O. The molecule has 5 unspecified atom stereocenters. The van der Waals surface area contributed by atoms with Gasteiger partial charge in [-0.15, -0.1) is 4.58 Å². The van der Waals surface area contributed by atoms with Crippen molar-refractivity contribution in [3.05, 3.63) is 27.0 Å². The molecule has 0 aliphatic carbocycles. The molecule has 290 valence electrons. The van der Waals surface area contributed by atoms with Crippen molar-refractivity contribution in [1.82, 2.24) is 29.5 Å². The minimum Gasteiger partial charge on any atom is -0.387 e. The Balaban J connectivity index is 1.05. The molecule has 2 saturated heterocycles. The normalized spacial score (nSPS) is 30.4. The number of nitrogens with one attached hydrogen (secondary N) is 2. The number of hydrogen-bond donors (Lipinski definition) is 10. The monoisotopic (exact) mass is 816 g/mol. The number of nitrogen functional groups attached to an aromatic ring is 2. The molecule has 12 N–H and O–H groups in total. The molecule has 3 aromatic heterocycles. The van der Waals surface area contributed by atoms with E-state index in [1.165, 1.54) is 11.6 Å². The lowest BCUT2D eigenvalue weighted by atomic mass is 10.1. The highest BCUT2D eigenvalue weighted by atomic mass is 31.3. The van der Waals surface area contributed by atoms with Crippen LogP contribution >= 0.6 is 23.5 Å². The van der Waals surface area contributed by atoms with Crippen molar-refractivity contribution in [2.45, 2.75) is 49.1 Å². The number of aromatic nitrogens is 6. The molecule has 2 fully saturated rings. The van der Waals surface area contributed by atoms with Crippen LogP contribution in [0.3, 0.4) is 0 Å². The third-order valence-electron chi connectivity index (χ3n) is 7.83. The van der Waals surface area contributed by atoms with Crippen molar-refractivity contribution in [3.63, 3.8) is 0 Å². The number of hydrogen-bond acceptors (Lipinski definition) is 20. The first kappa shape index (κ1) is 39.1. The standard InChI is InChI=1S/C22H29N10O18P3/c1-30-6-32(16-10(30)18(37)29-22(24)27-16)20-13(35)14(44-2)8(48-20)4-46-52(40,41)50-53(42,43)49-51(38,39)45-3-7-11(33)12(34)19(47-7)31-5-25-9-15(31)26-21(23)28-17(9)36/h5,7-8,11-14,19-20,33-35H,3-4H2,1-2H3,(H7-2,23,24,26,27,28,29,36,37,38,39,40,41,42,43)/p+2/t7-,8+,11+,12?,13?,14-,19-,20+/m1/s1. The fraction of sp³-hybridized carbons (Fsp3) is 0.545. The highest BCUT2D eigenvalue weighted by Gasteiger charge is 2.55. The fourth-order valence-electron chi connectivity index (χ4n) is 5.62. The quantitative estimate of drug-likeness (QED) is 0.0585. The van der Waals surface area contributed by atoms with Crippen molar-refractivity contribution in [2.75, 3.05) is 38.8 Å². The van der Waals surface area contributed by atoms with E-state index in [9.17, 15) is 53.3 Å². The number of ether oxygens (including phenoxy) is 3. The maximum atomic E-state index is 12.6. The predicted octanol–water partition coefficient (Wildman–Crippen LogP) is -3.74. The number of H-pyrrole nitrogens is 2. The number of rotatable bonds is 13. The van der Waals surface area contributed by atoms with Crippen molar-refractivity contribution < 1.29 is 84.7 Å². The van der Waals surface area contributed by atoms with Gasteiger partial charge in [-0.05, 0) is 0 Å². The van der Waals surface area contributed by atoms with Crippen LogP contribution in [-0.4, -0.2) is 145 Å². The minimum atomic E-state index is -5.98. The summed E-state index contributed by atoms with van der Waals surface area (Å²) in [5.41, 5.74) is 9.50. The molecule has 11 atom stereocenters. The van der Waals surface area contributed by atoms with Crippen LogP contribution in [0, 0.1) is 0 Å². The van der Waals surface area contributed by atoms with Crippen LogP contribution in [0.15, 0.2) is 15.9 Å². The fourth-order valence-corrected chi connectivity index (χ4v) is 9.14. The van der Waals surface area contributed by atoms with E-state index in [0.29, 0.717) is 0 Å². The number of imidazole rings is 1. The third-order valence-corrected chi connectivity index (χ3v) is 12.1. The number of anilines is 2. The van der Waals surface area contributed by atoms with Gasteiger partial charge in [-0.1, -0.05) is 4.58 Å². The number of nitrogens with zero attached hydrogens (tertiary/aromatic N) is 6.